The van der Waals surface area contributed by atoms with Crippen molar-refractivity contribution in [1.82, 2.24) is 34.6 Å². The van der Waals surface area contributed by atoms with Crippen molar-refractivity contribution in [3.63, 3.8) is 0 Å². The molecule has 0 bridgehead atoms. The number of rotatable bonds is 9. The van der Waals surface area contributed by atoms with Gasteiger partial charge in [0.1, 0.15) is 24.4 Å². The first-order valence-corrected chi connectivity index (χ1v) is 19.3. The number of pyridine rings is 1. The Hall–Kier alpha value is -4.93. The molecule has 1 saturated carbocycles. The molecular weight excluding hydrogens is 635 g/mol. The SMILES string of the molecule is COc1cc(N2CCN(C)CC2)c(-c2cnn(C)c2)cc1Nc1nc(Nc2ccc3nc(C4CC4)ccc3c2P(C)(C)=O)c2cc[nH]c2n1. The van der Waals surface area contributed by atoms with Gasteiger partial charge in [-0.25, -0.2) is 0 Å². The predicted molar refractivity (Wildman–Crippen MR) is 198 cm³/mol. The first kappa shape index (κ1) is 31.3. The summed E-state index contributed by atoms with van der Waals surface area (Å²) in [5.74, 6) is 2.19. The standard InChI is InChI=1S/C36H41N10O2P/c1-44-14-16-46(17-15-44)31-19-32(48-3)30(18-26(31)23-20-38-45(2)21-23)41-36-42-34-25(12-13-37-34)35(43-36)40-29-11-10-28-24(33(29)49(4,5)47)8-9-27(39-28)22-6-7-22/h8-13,18-22H,6-7,14-17H2,1-5H3,(H3,37,40,41,42,43). The highest BCUT2D eigenvalue weighted by molar-refractivity contribution is 7.71. The summed E-state index contributed by atoms with van der Waals surface area (Å²) in [6.07, 6.45) is 8.11. The normalized spacial score (nSPS) is 15.7. The lowest BCUT2D eigenvalue weighted by atomic mass is 10.0. The molecule has 3 N–H and O–H groups in total. The quantitative estimate of drug-likeness (QED) is 0.151. The van der Waals surface area contributed by atoms with E-state index in [4.69, 9.17) is 19.7 Å². The second-order valence-corrected chi connectivity index (χ2v) is 16.7. The summed E-state index contributed by atoms with van der Waals surface area (Å²) >= 11 is 0. The van der Waals surface area contributed by atoms with Gasteiger partial charge in [0.15, 0.2) is 0 Å². The zero-order chi connectivity index (χ0) is 33.9. The van der Waals surface area contributed by atoms with Gasteiger partial charge in [-0.3, -0.25) is 9.67 Å². The molecule has 0 radical (unpaired) electrons. The molecule has 0 atom stereocenters. The van der Waals surface area contributed by atoms with Crippen LogP contribution in [0.2, 0.25) is 0 Å². The molecule has 6 aromatic rings. The second-order valence-electron chi connectivity index (χ2n) is 13.5. The Morgan fingerprint density at radius 3 is 2.45 bits per heavy atom. The number of methoxy groups -OCH3 is 1. The zero-order valence-electron chi connectivity index (χ0n) is 28.5. The van der Waals surface area contributed by atoms with Gasteiger partial charge in [-0.1, -0.05) is 6.07 Å². The topological polar surface area (TPSA) is 129 Å². The van der Waals surface area contributed by atoms with Crippen LogP contribution in [0.3, 0.4) is 0 Å². The molecule has 49 heavy (non-hydrogen) atoms. The Labute approximate surface area is 285 Å². The fourth-order valence-electron chi connectivity index (χ4n) is 6.77. The van der Waals surface area contributed by atoms with E-state index < -0.39 is 7.14 Å². The fourth-order valence-corrected chi connectivity index (χ4v) is 8.25. The van der Waals surface area contributed by atoms with Gasteiger partial charge in [-0.05, 0) is 63.6 Å². The molecule has 2 fully saturated rings. The second kappa shape index (κ2) is 12.2. The Morgan fingerprint density at radius 1 is 0.918 bits per heavy atom. The van der Waals surface area contributed by atoms with Crippen molar-refractivity contribution in [3.8, 4) is 16.9 Å². The van der Waals surface area contributed by atoms with E-state index in [0.717, 1.165) is 81.7 Å². The maximum atomic E-state index is 13.8. The van der Waals surface area contributed by atoms with E-state index in [-0.39, 0.29) is 0 Å². The van der Waals surface area contributed by atoms with E-state index in [1.54, 1.807) is 20.4 Å². The number of aromatic amines is 1. The number of H-pyrrole nitrogens is 1. The van der Waals surface area contributed by atoms with E-state index in [9.17, 15) is 4.57 Å². The Bertz CT molecular complexity index is 2240. The lowest BCUT2D eigenvalue weighted by Gasteiger charge is -2.35. The minimum atomic E-state index is -2.74. The van der Waals surface area contributed by atoms with Crippen molar-refractivity contribution in [2.75, 3.05) is 69.2 Å². The number of nitrogens with one attached hydrogen (secondary N) is 3. The third kappa shape index (κ3) is 6.11. The summed E-state index contributed by atoms with van der Waals surface area (Å²) in [5, 5.41) is 13.9. The van der Waals surface area contributed by atoms with Crippen molar-refractivity contribution >= 4 is 63.2 Å². The van der Waals surface area contributed by atoms with Crippen LogP contribution in [-0.2, 0) is 11.6 Å². The number of hydrogen-bond donors (Lipinski definition) is 3. The van der Waals surface area contributed by atoms with E-state index in [1.165, 1.54) is 12.8 Å². The fraction of sp³-hybridized carbons (Fsp3) is 0.333. The molecule has 2 aromatic carbocycles. The number of aryl methyl sites for hydroxylation is 1. The molecule has 5 heterocycles. The number of fused-ring (bicyclic) bond motifs is 2. The number of hydrogen-bond acceptors (Lipinski definition) is 10. The van der Waals surface area contributed by atoms with E-state index >= 15 is 0 Å². The zero-order valence-corrected chi connectivity index (χ0v) is 29.4. The molecule has 1 aliphatic heterocycles. The monoisotopic (exact) mass is 676 g/mol. The lowest BCUT2D eigenvalue weighted by molar-refractivity contribution is 0.313. The van der Waals surface area contributed by atoms with Crippen molar-refractivity contribution in [2.45, 2.75) is 18.8 Å². The average molecular weight is 677 g/mol. The Kier molecular flexibility index (Phi) is 7.80. The third-order valence-corrected chi connectivity index (χ3v) is 11.1. The molecule has 0 unspecified atom stereocenters. The van der Waals surface area contributed by atoms with Gasteiger partial charge in [0.05, 0.1) is 35.6 Å². The molecule has 0 amide bonds. The van der Waals surface area contributed by atoms with E-state index in [2.05, 4.69) is 61.8 Å². The number of benzene rings is 2. The van der Waals surface area contributed by atoms with Gasteiger partial charge in [0.2, 0.25) is 5.95 Å². The van der Waals surface area contributed by atoms with E-state index in [1.807, 2.05) is 48.5 Å². The van der Waals surface area contributed by atoms with Crippen LogP contribution >= 0.6 is 7.14 Å². The van der Waals surface area contributed by atoms with Crippen LogP contribution in [0.4, 0.5) is 28.8 Å². The maximum Gasteiger partial charge on any atom is 0.231 e. The smallest absolute Gasteiger partial charge is 0.231 e. The predicted octanol–water partition coefficient (Wildman–Crippen LogP) is 6.28. The first-order valence-electron chi connectivity index (χ1n) is 16.7. The molecule has 1 aliphatic carbocycles. The summed E-state index contributed by atoms with van der Waals surface area (Å²) < 4.78 is 21.6. The van der Waals surface area contributed by atoms with Gasteiger partial charge in [-0.15, -0.1) is 0 Å². The third-order valence-electron chi connectivity index (χ3n) is 9.49. The molecule has 8 rings (SSSR count). The number of nitrogens with zero attached hydrogens (tertiary/aromatic N) is 7. The molecule has 1 saturated heterocycles. The van der Waals surface area contributed by atoms with Crippen LogP contribution in [0.5, 0.6) is 5.75 Å². The van der Waals surface area contributed by atoms with Crippen LogP contribution in [0, 0.1) is 0 Å². The molecule has 4 aromatic heterocycles. The maximum absolute atomic E-state index is 13.8. The number of anilines is 5. The summed E-state index contributed by atoms with van der Waals surface area (Å²) in [7, 11) is 3.02. The number of likely N-dealkylation sites (N-methyl/N-ethyl adjacent to an activating group) is 1. The number of piperazine rings is 1. The lowest BCUT2D eigenvalue weighted by Crippen LogP contribution is -2.44. The molecule has 2 aliphatic rings. The highest BCUT2D eigenvalue weighted by Crippen LogP contribution is 2.44. The largest absolute Gasteiger partial charge is 0.494 e. The van der Waals surface area contributed by atoms with Crippen LogP contribution in [0.15, 0.2) is 61.1 Å². The van der Waals surface area contributed by atoms with Gasteiger partial charge >= 0.3 is 0 Å². The van der Waals surface area contributed by atoms with Crippen molar-refractivity contribution in [3.05, 3.63) is 66.7 Å². The summed E-state index contributed by atoms with van der Waals surface area (Å²) in [4.78, 5) is 22.7. The van der Waals surface area contributed by atoms with Crippen molar-refractivity contribution in [2.24, 2.45) is 7.05 Å². The number of aromatic nitrogens is 6. The van der Waals surface area contributed by atoms with Crippen molar-refractivity contribution in [1.29, 1.82) is 0 Å². The first-order chi connectivity index (χ1) is 23.6. The molecule has 13 heteroatoms. The summed E-state index contributed by atoms with van der Waals surface area (Å²) in [6.45, 7) is 7.40. The van der Waals surface area contributed by atoms with Gasteiger partial charge in [0, 0.05) is 90.8 Å². The minimum absolute atomic E-state index is 0.384. The van der Waals surface area contributed by atoms with Gasteiger partial charge in [0.25, 0.3) is 0 Å². The molecular formula is C36H41N10O2P. The van der Waals surface area contributed by atoms with Gasteiger partial charge in [-0.2, -0.15) is 15.1 Å². The highest BCUT2D eigenvalue weighted by Gasteiger charge is 2.27. The van der Waals surface area contributed by atoms with Crippen molar-refractivity contribution < 1.29 is 9.30 Å². The molecule has 252 valence electrons. The number of ether oxygens (including phenoxy) is 1. The van der Waals surface area contributed by atoms with Crippen LogP contribution < -0.4 is 25.6 Å². The molecule has 0 spiro atoms. The van der Waals surface area contributed by atoms with Crippen LogP contribution in [0.25, 0.3) is 33.1 Å². The Balaban J connectivity index is 1.19. The minimum Gasteiger partial charge on any atom is -0.494 e. The van der Waals surface area contributed by atoms with E-state index in [0.29, 0.717) is 29.1 Å². The summed E-state index contributed by atoms with van der Waals surface area (Å²) in [6, 6.07) is 14.3. The Morgan fingerprint density at radius 2 is 1.73 bits per heavy atom. The van der Waals surface area contributed by atoms with Gasteiger partial charge < -0.3 is 34.7 Å². The van der Waals surface area contributed by atoms with Crippen LogP contribution in [0.1, 0.15) is 24.5 Å². The summed E-state index contributed by atoms with van der Waals surface area (Å²) in [5.41, 5.74) is 7.25. The highest BCUT2D eigenvalue weighted by atomic mass is 31.2. The average Bonchev–Trinajstić information content (AvgIpc) is 3.67. The molecule has 12 nitrogen and oxygen atoms in total. The van der Waals surface area contributed by atoms with Crippen LogP contribution in [-0.4, -0.2) is 88.3 Å².